The van der Waals surface area contributed by atoms with Gasteiger partial charge in [0.05, 0.1) is 11.1 Å². The van der Waals surface area contributed by atoms with Gasteiger partial charge in [0.25, 0.3) is 0 Å². The Hall–Kier alpha value is -0.770. The highest BCUT2D eigenvalue weighted by atomic mass is 35.5. The summed E-state index contributed by atoms with van der Waals surface area (Å²) < 4.78 is 0. The molecule has 0 aliphatic rings. The number of halogens is 1. The SMILES string of the molecule is Cc1cc(C(O)CN)c(C)c(O)c1Cl. The van der Waals surface area contributed by atoms with Crippen LogP contribution < -0.4 is 5.73 Å². The first-order valence-electron chi connectivity index (χ1n) is 4.35. The van der Waals surface area contributed by atoms with E-state index in [2.05, 4.69) is 0 Å². The zero-order valence-corrected chi connectivity index (χ0v) is 8.97. The van der Waals surface area contributed by atoms with E-state index in [4.69, 9.17) is 17.3 Å². The predicted octanol–water partition coefficient (Wildman–Crippen LogP) is 1.65. The Morgan fingerprint density at radius 1 is 1.50 bits per heavy atom. The van der Waals surface area contributed by atoms with Crippen LogP contribution >= 0.6 is 11.6 Å². The van der Waals surface area contributed by atoms with Crippen LogP contribution in [0.15, 0.2) is 6.07 Å². The van der Waals surface area contributed by atoms with Gasteiger partial charge >= 0.3 is 0 Å². The molecule has 0 heterocycles. The quantitative estimate of drug-likeness (QED) is 0.703. The minimum Gasteiger partial charge on any atom is -0.506 e. The Bertz CT molecular complexity index is 352. The van der Waals surface area contributed by atoms with Crippen LogP contribution in [0, 0.1) is 13.8 Å². The van der Waals surface area contributed by atoms with Crippen LogP contribution in [0.3, 0.4) is 0 Å². The van der Waals surface area contributed by atoms with Crippen molar-refractivity contribution in [2.75, 3.05) is 6.54 Å². The minimum atomic E-state index is -0.753. The van der Waals surface area contributed by atoms with Gasteiger partial charge in [0.1, 0.15) is 5.75 Å². The molecular formula is C10H14ClNO2. The molecule has 0 aliphatic carbocycles. The normalized spacial score (nSPS) is 12.9. The maximum atomic E-state index is 9.63. The summed E-state index contributed by atoms with van der Waals surface area (Å²) in [5, 5.41) is 19.5. The zero-order chi connectivity index (χ0) is 10.9. The molecule has 0 aliphatic heterocycles. The topological polar surface area (TPSA) is 66.5 Å². The van der Waals surface area contributed by atoms with Crippen molar-refractivity contribution in [1.82, 2.24) is 0 Å². The lowest BCUT2D eigenvalue weighted by Gasteiger charge is -2.15. The number of aliphatic hydroxyl groups is 1. The van der Waals surface area contributed by atoms with E-state index in [1.807, 2.05) is 0 Å². The molecule has 0 saturated carbocycles. The van der Waals surface area contributed by atoms with E-state index in [9.17, 15) is 10.2 Å². The second-order valence-electron chi connectivity index (χ2n) is 3.32. The van der Waals surface area contributed by atoms with Gasteiger partial charge < -0.3 is 15.9 Å². The number of aliphatic hydroxyl groups excluding tert-OH is 1. The number of rotatable bonds is 2. The number of benzene rings is 1. The van der Waals surface area contributed by atoms with Gasteiger partial charge in [0.2, 0.25) is 0 Å². The summed E-state index contributed by atoms with van der Waals surface area (Å²) in [7, 11) is 0. The Kier molecular flexibility index (Phi) is 3.37. The van der Waals surface area contributed by atoms with Crippen LogP contribution in [0.5, 0.6) is 5.75 Å². The Morgan fingerprint density at radius 3 is 2.57 bits per heavy atom. The smallest absolute Gasteiger partial charge is 0.137 e. The molecule has 4 N–H and O–H groups in total. The van der Waals surface area contributed by atoms with Crippen molar-refractivity contribution in [3.05, 3.63) is 27.8 Å². The van der Waals surface area contributed by atoms with Crippen LogP contribution in [-0.4, -0.2) is 16.8 Å². The second-order valence-corrected chi connectivity index (χ2v) is 3.70. The highest BCUT2D eigenvalue weighted by molar-refractivity contribution is 6.32. The fourth-order valence-corrected chi connectivity index (χ4v) is 1.56. The summed E-state index contributed by atoms with van der Waals surface area (Å²) in [6, 6.07) is 1.74. The van der Waals surface area contributed by atoms with E-state index in [1.165, 1.54) is 0 Å². The standard InChI is InChI=1S/C10H14ClNO2/c1-5-3-7(8(13)4-12)6(2)10(14)9(5)11/h3,8,13-14H,4,12H2,1-2H3. The molecular weight excluding hydrogens is 202 g/mol. The third kappa shape index (κ3) is 1.85. The first-order chi connectivity index (χ1) is 6.49. The van der Waals surface area contributed by atoms with Gasteiger partial charge in [-0.05, 0) is 30.5 Å². The summed E-state index contributed by atoms with van der Waals surface area (Å²) in [6.45, 7) is 3.60. The van der Waals surface area contributed by atoms with Gasteiger partial charge in [-0.1, -0.05) is 17.7 Å². The van der Waals surface area contributed by atoms with Crippen LogP contribution in [0.4, 0.5) is 0 Å². The average Bonchev–Trinajstić information content (AvgIpc) is 2.19. The molecule has 3 nitrogen and oxygen atoms in total. The first kappa shape index (κ1) is 11.3. The highest BCUT2D eigenvalue weighted by Gasteiger charge is 2.15. The number of phenolic OH excluding ortho intramolecular Hbond substituents is 1. The Labute approximate surface area is 88.1 Å². The Morgan fingerprint density at radius 2 is 2.07 bits per heavy atom. The monoisotopic (exact) mass is 215 g/mol. The molecule has 0 amide bonds. The zero-order valence-electron chi connectivity index (χ0n) is 8.21. The molecule has 1 atom stereocenters. The van der Waals surface area contributed by atoms with Crippen LogP contribution in [-0.2, 0) is 0 Å². The number of nitrogens with two attached hydrogens (primary N) is 1. The van der Waals surface area contributed by atoms with Crippen molar-refractivity contribution < 1.29 is 10.2 Å². The van der Waals surface area contributed by atoms with E-state index < -0.39 is 6.10 Å². The molecule has 0 fully saturated rings. The van der Waals surface area contributed by atoms with Gasteiger partial charge in [-0.25, -0.2) is 0 Å². The lowest BCUT2D eigenvalue weighted by molar-refractivity contribution is 0.185. The summed E-state index contributed by atoms with van der Waals surface area (Å²) >= 11 is 5.84. The molecule has 1 aromatic rings. The van der Waals surface area contributed by atoms with E-state index in [-0.39, 0.29) is 12.3 Å². The third-order valence-electron chi connectivity index (χ3n) is 2.30. The summed E-state index contributed by atoms with van der Waals surface area (Å²) in [5.74, 6) is 0.0224. The molecule has 1 unspecified atom stereocenters. The van der Waals surface area contributed by atoms with Crippen molar-refractivity contribution in [3.63, 3.8) is 0 Å². The van der Waals surface area contributed by atoms with Crippen molar-refractivity contribution >= 4 is 11.6 Å². The lowest BCUT2D eigenvalue weighted by Crippen LogP contribution is -2.13. The number of aryl methyl sites for hydroxylation is 1. The molecule has 78 valence electrons. The Balaban J connectivity index is 3.33. The molecule has 0 aromatic heterocycles. The minimum absolute atomic E-state index is 0.0224. The molecule has 4 heteroatoms. The summed E-state index contributed by atoms with van der Waals surface area (Å²) in [4.78, 5) is 0. The van der Waals surface area contributed by atoms with E-state index >= 15 is 0 Å². The highest BCUT2D eigenvalue weighted by Crippen LogP contribution is 2.34. The maximum absolute atomic E-state index is 9.63. The van der Waals surface area contributed by atoms with Crippen molar-refractivity contribution in [3.8, 4) is 5.75 Å². The average molecular weight is 216 g/mol. The molecule has 0 saturated heterocycles. The van der Waals surface area contributed by atoms with Crippen molar-refractivity contribution in [2.24, 2.45) is 5.73 Å². The number of hydrogen-bond donors (Lipinski definition) is 3. The summed E-state index contributed by atoms with van der Waals surface area (Å²) in [6.07, 6.45) is -0.753. The summed E-state index contributed by atoms with van der Waals surface area (Å²) in [5.41, 5.74) is 7.29. The number of phenols is 1. The molecule has 0 spiro atoms. The van der Waals surface area contributed by atoms with Crippen molar-refractivity contribution in [1.29, 1.82) is 0 Å². The molecule has 0 bridgehead atoms. The molecule has 1 aromatic carbocycles. The largest absolute Gasteiger partial charge is 0.506 e. The van der Waals surface area contributed by atoms with E-state index in [0.717, 1.165) is 5.56 Å². The van der Waals surface area contributed by atoms with Gasteiger partial charge in [-0.15, -0.1) is 0 Å². The third-order valence-corrected chi connectivity index (χ3v) is 2.77. The maximum Gasteiger partial charge on any atom is 0.137 e. The van der Waals surface area contributed by atoms with Crippen LogP contribution in [0.25, 0.3) is 0 Å². The molecule has 0 radical (unpaired) electrons. The number of aromatic hydroxyl groups is 1. The fourth-order valence-electron chi connectivity index (χ4n) is 1.37. The van der Waals surface area contributed by atoms with Crippen LogP contribution in [0.1, 0.15) is 22.8 Å². The fraction of sp³-hybridized carbons (Fsp3) is 0.400. The number of hydrogen-bond acceptors (Lipinski definition) is 3. The molecule has 14 heavy (non-hydrogen) atoms. The first-order valence-corrected chi connectivity index (χ1v) is 4.73. The van der Waals surface area contributed by atoms with E-state index in [1.54, 1.807) is 19.9 Å². The van der Waals surface area contributed by atoms with Crippen molar-refractivity contribution in [2.45, 2.75) is 20.0 Å². The van der Waals surface area contributed by atoms with Gasteiger partial charge in [-0.3, -0.25) is 0 Å². The van der Waals surface area contributed by atoms with Gasteiger partial charge in [-0.2, -0.15) is 0 Å². The van der Waals surface area contributed by atoms with Crippen LogP contribution in [0.2, 0.25) is 5.02 Å². The van der Waals surface area contributed by atoms with Gasteiger partial charge in [0.15, 0.2) is 0 Å². The molecule has 1 rings (SSSR count). The van der Waals surface area contributed by atoms with E-state index in [0.29, 0.717) is 16.1 Å². The second kappa shape index (κ2) is 4.17. The lowest BCUT2D eigenvalue weighted by atomic mass is 9.99. The van der Waals surface area contributed by atoms with Gasteiger partial charge in [0, 0.05) is 6.54 Å². The predicted molar refractivity (Wildman–Crippen MR) is 56.6 cm³/mol.